The van der Waals surface area contributed by atoms with Crippen LogP contribution in [0.1, 0.15) is 31.7 Å². The van der Waals surface area contributed by atoms with Gasteiger partial charge in [-0.05, 0) is 44.0 Å². The molecule has 0 aromatic heterocycles. The van der Waals surface area contributed by atoms with Gasteiger partial charge in [0, 0.05) is 6.42 Å². The number of carboxylic acids is 1. The summed E-state index contributed by atoms with van der Waals surface area (Å²) in [7, 11) is 1.70. The summed E-state index contributed by atoms with van der Waals surface area (Å²) < 4.78 is 5.92. The fourth-order valence-electron chi connectivity index (χ4n) is 2.66. The Hall–Kier alpha value is -1.55. The number of likely N-dealkylation sites (N-methyl/N-ethyl adjacent to an activating group) is 1. The number of hydrogen-bond acceptors (Lipinski definition) is 3. The van der Waals surface area contributed by atoms with E-state index in [1.54, 1.807) is 7.05 Å². The highest BCUT2D eigenvalue weighted by Crippen LogP contribution is 2.33. The minimum Gasteiger partial charge on any atom is -0.490 e. The third-order valence-electron chi connectivity index (χ3n) is 3.97. The van der Waals surface area contributed by atoms with Crippen molar-refractivity contribution in [1.29, 1.82) is 0 Å². The van der Waals surface area contributed by atoms with Gasteiger partial charge in [-0.15, -0.1) is 0 Å². The molecule has 1 aliphatic rings. The maximum absolute atomic E-state index is 11.3. The lowest BCUT2D eigenvalue weighted by Crippen LogP contribution is -2.48. The Balaban J connectivity index is 2.03. The largest absolute Gasteiger partial charge is 0.490 e. The van der Waals surface area contributed by atoms with Crippen LogP contribution < -0.4 is 10.1 Å². The van der Waals surface area contributed by atoms with Crippen molar-refractivity contribution in [1.82, 2.24) is 5.32 Å². The summed E-state index contributed by atoms with van der Waals surface area (Å²) in [5, 5.41) is 12.2. The predicted octanol–water partition coefficient (Wildman–Crippen LogP) is 2.22. The van der Waals surface area contributed by atoms with E-state index < -0.39 is 11.5 Å². The summed E-state index contributed by atoms with van der Waals surface area (Å²) in [5.41, 5.74) is 0.404. The molecule has 0 radical (unpaired) electrons. The summed E-state index contributed by atoms with van der Waals surface area (Å²) in [5.74, 6) is 0.0463. The van der Waals surface area contributed by atoms with Crippen molar-refractivity contribution in [3.63, 3.8) is 0 Å². The van der Waals surface area contributed by atoms with Crippen molar-refractivity contribution in [3.8, 4) is 5.75 Å². The van der Waals surface area contributed by atoms with Crippen LogP contribution in [-0.2, 0) is 11.2 Å². The molecule has 0 saturated heterocycles. The van der Waals surface area contributed by atoms with Gasteiger partial charge in [-0.2, -0.15) is 0 Å². The van der Waals surface area contributed by atoms with E-state index in [0.717, 1.165) is 18.6 Å². The molecule has 0 aliphatic heterocycles. The van der Waals surface area contributed by atoms with Crippen LogP contribution in [-0.4, -0.2) is 29.8 Å². The van der Waals surface area contributed by atoms with Gasteiger partial charge in [0.15, 0.2) is 0 Å². The number of benzene rings is 1. The Morgan fingerprint density at radius 3 is 2.95 bits per heavy atom. The lowest BCUT2D eigenvalue weighted by molar-refractivity contribution is -0.144. The van der Waals surface area contributed by atoms with Crippen LogP contribution in [0, 0.1) is 0 Å². The van der Waals surface area contributed by atoms with Crippen LogP contribution in [0.3, 0.4) is 0 Å². The van der Waals surface area contributed by atoms with Gasteiger partial charge in [0.2, 0.25) is 0 Å². The zero-order chi connectivity index (χ0) is 13.9. The standard InChI is InChI=1S/C15H21NO3/c1-3-11-5-4-6-12(9-11)19-13-7-8-15(10-13,16-2)14(17)18/h4-6,9,13,16H,3,7-8,10H2,1-2H3,(H,17,18). The molecule has 2 rings (SSSR count). The summed E-state index contributed by atoms with van der Waals surface area (Å²) in [6, 6.07) is 8.00. The van der Waals surface area contributed by atoms with E-state index in [4.69, 9.17) is 4.74 Å². The van der Waals surface area contributed by atoms with E-state index >= 15 is 0 Å². The molecule has 0 amide bonds. The number of carbonyl (C=O) groups is 1. The van der Waals surface area contributed by atoms with Gasteiger partial charge in [-0.1, -0.05) is 19.1 Å². The van der Waals surface area contributed by atoms with E-state index in [2.05, 4.69) is 18.3 Å². The minimum atomic E-state index is -0.826. The molecule has 1 fully saturated rings. The van der Waals surface area contributed by atoms with E-state index in [9.17, 15) is 9.90 Å². The van der Waals surface area contributed by atoms with Gasteiger partial charge in [0.25, 0.3) is 0 Å². The lowest BCUT2D eigenvalue weighted by atomic mass is 9.98. The van der Waals surface area contributed by atoms with Gasteiger partial charge < -0.3 is 15.2 Å². The SMILES string of the molecule is CCc1cccc(OC2CCC(NC)(C(=O)O)C2)c1. The van der Waals surface area contributed by atoms with E-state index in [1.807, 2.05) is 18.2 Å². The maximum atomic E-state index is 11.3. The Labute approximate surface area is 113 Å². The summed E-state index contributed by atoms with van der Waals surface area (Å²) >= 11 is 0. The minimum absolute atomic E-state index is 0.0318. The second-order valence-corrected chi connectivity index (χ2v) is 5.12. The van der Waals surface area contributed by atoms with Crippen LogP contribution in [0.4, 0.5) is 0 Å². The molecule has 4 nitrogen and oxygen atoms in total. The first kappa shape index (κ1) is 13.9. The first-order valence-corrected chi connectivity index (χ1v) is 6.77. The van der Waals surface area contributed by atoms with Crippen LogP contribution in [0.5, 0.6) is 5.75 Å². The van der Waals surface area contributed by atoms with Crippen LogP contribution >= 0.6 is 0 Å². The topological polar surface area (TPSA) is 58.6 Å². The molecule has 0 spiro atoms. The smallest absolute Gasteiger partial charge is 0.324 e. The molecule has 4 heteroatoms. The molecule has 1 aromatic rings. The average Bonchev–Trinajstić information content (AvgIpc) is 2.83. The van der Waals surface area contributed by atoms with Crippen molar-refractivity contribution in [2.24, 2.45) is 0 Å². The molecule has 2 N–H and O–H groups in total. The third kappa shape index (κ3) is 2.89. The zero-order valence-electron chi connectivity index (χ0n) is 11.5. The normalized spacial score (nSPS) is 26.3. The van der Waals surface area contributed by atoms with Crippen molar-refractivity contribution >= 4 is 5.97 Å². The Kier molecular flexibility index (Phi) is 4.10. The number of aliphatic carboxylic acids is 1. The third-order valence-corrected chi connectivity index (χ3v) is 3.97. The molecule has 2 atom stereocenters. The second kappa shape index (κ2) is 5.61. The van der Waals surface area contributed by atoms with Gasteiger partial charge >= 0.3 is 5.97 Å². The van der Waals surface area contributed by atoms with Crippen LogP contribution in [0.15, 0.2) is 24.3 Å². The summed E-state index contributed by atoms with van der Waals surface area (Å²) in [6.45, 7) is 2.10. The number of hydrogen-bond donors (Lipinski definition) is 2. The molecule has 1 aliphatic carbocycles. The van der Waals surface area contributed by atoms with E-state index in [-0.39, 0.29) is 6.10 Å². The van der Waals surface area contributed by atoms with Crippen molar-refractivity contribution in [2.45, 2.75) is 44.2 Å². The Bertz CT molecular complexity index is 460. The number of ether oxygens (including phenoxy) is 1. The maximum Gasteiger partial charge on any atom is 0.324 e. The second-order valence-electron chi connectivity index (χ2n) is 5.12. The number of nitrogens with one attached hydrogen (secondary N) is 1. The number of aryl methyl sites for hydroxylation is 1. The number of carboxylic acid groups (broad SMARTS) is 1. The molecule has 0 bridgehead atoms. The fourth-order valence-corrected chi connectivity index (χ4v) is 2.66. The number of rotatable bonds is 5. The first-order chi connectivity index (χ1) is 9.09. The molecule has 1 saturated carbocycles. The highest BCUT2D eigenvalue weighted by Gasteiger charge is 2.45. The van der Waals surface area contributed by atoms with Crippen molar-refractivity contribution in [3.05, 3.63) is 29.8 Å². The lowest BCUT2D eigenvalue weighted by Gasteiger charge is -2.23. The Morgan fingerprint density at radius 1 is 1.58 bits per heavy atom. The molecule has 19 heavy (non-hydrogen) atoms. The molecular formula is C15H21NO3. The summed E-state index contributed by atoms with van der Waals surface area (Å²) in [4.78, 5) is 11.3. The van der Waals surface area contributed by atoms with E-state index in [1.165, 1.54) is 5.56 Å². The molecule has 2 unspecified atom stereocenters. The molecule has 104 valence electrons. The highest BCUT2D eigenvalue weighted by molar-refractivity contribution is 5.79. The van der Waals surface area contributed by atoms with Crippen LogP contribution in [0.25, 0.3) is 0 Å². The summed E-state index contributed by atoms with van der Waals surface area (Å²) in [6.07, 6.45) is 2.82. The monoisotopic (exact) mass is 263 g/mol. The molecule has 0 heterocycles. The van der Waals surface area contributed by atoms with Gasteiger partial charge in [-0.25, -0.2) is 0 Å². The van der Waals surface area contributed by atoms with Gasteiger partial charge in [-0.3, -0.25) is 4.79 Å². The molecular weight excluding hydrogens is 242 g/mol. The quantitative estimate of drug-likeness (QED) is 0.855. The average molecular weight is 263 g/mol. The first-order valence-electron chi connectivity index (χ1n) is 6.77. The van der Waals surface area contributed by atoms with E-state index in [0.29, 0.717) is 12.8 Å². The Morgan fingerprint density at radius 2 is 2.37 bits per heavy atom. The predicted molar refractivity (Wildman–Crippen MR) is 73.5 cm³/mol. The molecule has 1 aromatic carbocycles. The zero-order valence-corrected chi connectivity index (χ0v) is 11.5. The van der Waals surface area contributed by atoms with Crippen molar-refractivity contribution in [2.75, 3.05) is 7.05 Å². The fraction of sp³-hybridized carbons (Fsp3) is 0.533. The highest BCUT2D eigenvalue weighted by atomic mass is 16.5. The van der Waals surface area contributed by atoms with Gasteiger partial charge in [0.1, 0.15) is 17.4 Å². The van der Waals surface area contributed by atoms with Crippen molar-refractivity contribution < 1.29 is 14.6 Å². The van der Waals surface area contributed by atoms with Gasteiger partial charge in [0.05, 0.1) is 0 Å². The van der Waals surface area contributed by atoms with Crippen LogP contribution in [0.2, 0.25) is 0 Å².